The maximum absolute atomic E-state index is 6.21. The van der Waals surface area contributed by atoms with Crippen molar-refractivity contribution in [3.8, 4) is 0 Å². The molecule has 0 atom stereocenters. The fourth-order valence-corrected chi connectivity index (χ4v) is 7.07. The van der Waals surface area contributed by atoms with Crippen LogP contribution in [-0.2, 0) is 37.2 Å². The van der Waals surface area contributed by atoms with E-state index in [4.69, 9.17) is 37.2 Å². The van der Waals surface area contributed by atoms with E-state index in [9.17, 15) is 0 Å². The van der Waals surface area contributed by atoms with Crippen LogP contribution in [0.2, 0.25) is 0 Å². The van der Waals surface area contributed by atoms with Gasteiger partial charge < -0.3 is 37.2 Å². The minimum atomic E-state index is -0.366. The van der Waals surface area contributed by atoms with Crippen LogP contribution in [0.25, 0.3) is 21.5 Å². The Kier molecular flexibility index (Phi) is 9.95. The zero-order chi connectivity index (χ0) is 41.1. The van der Waals surface area contributed by atoms with Crippen LogP contribution in [0.5, 0.6) is 0 Å². The third kappa shape index (κ3) is 7.32. The predicted molar refractivity (Wildman–Crippen MR) is 231 cm³/mol. The first-order chi connectivity index (χ1) is 25.6. The van der Waals surface area contributed by atoms with Gasteiger partial charge in [-0.3, -0.25) is 0 Å². The smallest absolute Gasteiger partial charge is 0.399 e. The van der Waals surface area contributed by atoms with Crippen molar-refractivity contribution in [2.45, 2.75) is 156 Å². The molecule has 0 amide bonds. The van der Waals surface area contributed by atoms with Gasteiger partial charge in [-0.2, -0.15) is 0 Å². The van der Waals surface area contributed by atoms with Crippen molar-refractivity contribution in [1.82, 2.24) is 0 Å². The van der Waals surface area contributed by atoms with Gasteiger partial charge in [0.2, 0.25) is 0 Å². The lowest BCUT2D eigenvalue weighted by molar-refractivity contribution is 0.00578. The van der Waals surface area contributed by atoms with Crippen molar-refractivity contribution in [3.05, 3.63) is 72.8 Å². The lowest BCUT2D eigenvalue weighted by atomic mass is 9.75. The van der Waals surface area contributed by atoms with Gasteiger partial charge >= 0.3 is 28.5 Å². The molecule has 4 fully saturated rings. The molecular weight excluding hydrogens is 700 g/mol. The molecule has 0 spiro atoms. The Labute approximate surface area is 336 Å². The zero-order valence-corrected chi connectivity index (χ0v) is 36.5. The highest BCUT2D eigenvalue weighted by molar-refractivity contribution is 6.64. The van der Waals surface area contributed by atoms with E-state index in [0.717, 1.165) is 38.0 Å². The highest BCUT2D eigenvalue weighted by Crippen LogP contribution is 2.40. The molecule has 8 nitrogen and oxygen atoms in total. The first-order valence-electron chi connectivity index (χ1n) is 20.1. The van der Waals surface area contributed by atoms with E-state index >= 15 is 0 Å². The van der Waals surface area contributed by atoms with Crippen LogP contribution in [-0.4, -0.2) is 73.3 Å². The van der Waals surface area contributed by atoms with E-state index in [-0.39, 0.29) is 73.3 Å². The van der Waals surface area contributed by atoms with E-state index in [2.05, 4.69) is 184 Å². The number of fused-ring (bicyclic) bond motifs is 2. The van der Waals surface area contributed by atoms with Gasteiger partial charge in [-0.15, -0.1) is 0 Å². The molecule has 4 aromatic carbocycles. The molecule has 0 saturated carbocycles. The second kappa shape index (κ2) is 13.4. The first-order valence-corrected chi connectivity index (χ1v) is 20.1. The Morgan fingerprint density at radius 2 is 0.429 bits per heavy atom. The summed E-state index contributed by atoms with van der Waals surface area (Å²) in [6.07, 6.45) is 0. The van der Waals surface area contributed by atoms with Gasteiger partial charge in [0, 0.05) is 0 Å². The topological polar surface area (TPSA) is 73.8 Å². The number of hydrogen-bond donors (Lipinski definition) is 0. The van der Waals surface area contributed by atoms with Crippen LogP contribution in [0, 0.1) is 0 Å². The summed E-state index contributed by atoms with van der Waals surface area (Å²) in [6.45, 7) is 33.2. The van der Waals surface area contributed by atoms with Crippen LogP contribution in [0.3, 0.4) is 0 Å². The maximum atomic E-state index is 6.21. The Morgan fingerprint density at radius 3 is 0.643 bits per heavy atom. The van der Waals surface area contributed by atoms with Gasteiger partial charge in [0.15, 0.2) is 0 Å². The third-order valence-corrected chi connectivity index (χ3v) is 13.9. The summed E-state index contributed by atoms with van der Waals surface area (Å²) in [7, 11) is -1.43. The van der Waals surface area contributed by atoms with Gasteiger partial charge in [0.1, 0.15) is 0 Å². The Balaban J connectivity index is 0.000000172. The molecule has 4 aliphatic rings. The molecule has 4 aromatic rings. The molecule has 4 heterocycles. The van der Waals surface area contributed by atoms with Gasteiger partial charge in [-0.1, -0.05) is 72.8 Å². The third-order valence-electron chi connectivity index (χ3n) is 13.9. The highest BCUT2D eigenvalue weighted by atomic mass is 16.7. The molecule has 0 aromatic heterocycles. The van der Waals surface area contributed by atoms with Crippen molar-refractivity contribution in [2.75, 3.05) is 0 Å². The standard InChI is InChI=1S/2C22H30B2O4/c1-19(2)20(3,4)26-23(25-19)17-11-9-16-14-18(12-10-15(16)13-17)24-27-21(5,6)22(7,8)28-24;1-19(2)20(3,4)26-23(25-19)17-11-9-15-10-12-18(14-16(15)13-17)24-27-21(5,6)22(7,8)28-24/h2*9-14H,1-8H3. The van der Waals surface area contributed by atoms with Crippen LogP contribution in [0.4, 0.5) is 0 Å². The summed E-state index contributed by atoms with van der Waals surface area (Å²) in [4.78, 5) is 0. The van der Waals surface area contributed by atoms with Crippen LogP contribution in [0.15, 0.2) is 72.8 Å². The average molecular weight is 760 g/mol. The van der Waals surface area contributed by atoms with Gasteiger partial charge in [0.05, 0.1) is 44.8 Å². The van der Waals surface area contributed by atoms with Crippen LogP contribution < -0.4 is 21.9 Å². The zero-order valence-electron chi connectivity index (χ0n) is 36.5. The fourth-order valence-electron chi connectivity index (χ4n) is 7.07. The molecule has 0 radical (unpaired) electrons. The van der Waals surface area contributed by atoms with Crippen molar-refractivity contribution in [2.24, 2.45) is 0 Å². The molecule has 296 valence electrons. The molecule has 0 aliphatic carbocycles. The van der Waals surface area contributed by atoms with Gasteiger partial charge in [0.25, 0.3) is 0 Å². The van der Waals surface area contributed by atoms with Crippen molar-refractivity contribution in [1.29, 1.82) is 0 Å². The predicted octanol–water partition coefficient (Wildman–Crippen LogP) is 6.88. The van der Waals surface area contributed by atoms with E-state index in [1.54, 1.807) is 0 Å². The minimum absolute atomic E-state index is 0.340. The second-order valence-corrected chi connectivity index (χ2v) is 20.1. The van der Waals surface area contributed by atoms with E-state index in [1.807, 2.05) is 0 Å². The fraction of sp³-hybridized carbons (Fsp3) is 0.545. The Bertz CT molecular complexity index is 1930. The molecule has 56 heavy (non-hydrogen) atoms. The molecule has 4 saturated heterocycles. The number of benzene rings is 4. The Hall–Kier alpha value is -2.66. The molecular formula is C44H60B4O8. The van der Waals surface area contributed by atoms with Gasteiger partial charge in [-0.05, 0) is 154 Å². The first kappa shape index (κ1) is 41.5. The lowest BCUT2D eigenvalue weighted by Crippen LogP contribution is -2.41. The summed E-state index contributed by atoms with van der Waals surface area (Å²) in [6, 6.07) is 25.4. The van der Waals surface area contributed by atoms with E-state index in [1.165, 1.54) is 5.39 Å². The number of rotatable bonds is 4. The molecule has 4 aliphatic heterocycles. The van der Waals surface area contributed by atoms with E-state index < -0.39 is 0 Å². The van der Waals surface area contributed by atoms with Gasteiger partial charge in [-0.25, -0.2) is 0 Å². The molecule has 0 unspecified atom stereocenters. The van der Waals surface area contributed by atoms with Crippen molar-refractivity contribution in [3.63, 3.8) is 0 Å². The normalized spacial score (nSPS) is 24.9. The van der Waals surface area contributed by atoms with Crippen LogP contribution in [0.1, 0.15) is 111 Å². The quantitative estimate of drug-likeness (QED) is 0.209. The van der Waals surface area contributed by atoms with E-state index in [0.29, 0.717) is 0 Å². The molecule has 8 rings (SSSR count). The monoisotopic (exact) mass is 760 g/mol. The highest BCUT2D eigenvalue weighted by Gasteiger charge is 2.55. The number of hydrogen-bond acceptors (Lipinski definition) is 8. The van der Waals surface area contributed by atoms with Crippen molar-refractivity contribution >= 4 is 71.9 Å². The summed E-state index contributed by atoms with van der Waals surface area (Å²) in [5, 5.41) is 4.58. The molecule has 0 N–H and O–H groups in total. The maximum Gasteiger partial charge on any atom is 0.494 e. The summed E-state index contributed by atoms with van der Waals surface area (Å²) in [5.41, 5.74) is 1.36. The molecule has 12 heteroatoms. The minimum Gasteiger partial charge on any atom is -0.399 e. The van der Waals surface area contributed by atoms with Crippen LogP contribution >= 0.6 is 0 Å². The summed E-state index contributed by atoms with van der Waals surface area (Å²) < 4.78 is 49.6. The second-order valence-electron chi connectivity index (χ2n) is 20.1. The summed E-state index contributed by atoms with van der Waals surface area (Å²) in [5.74, 6) is 0. The SMILES string of the molecule is CC1(C)OB(c2ccc3cc(B4OC(C)(C)C(C)(C)O4)ccc3c2)OC1(C)C.CC1(C)OB(c2ccc3ccc(B4OC(C)(C)C(C)(C)O4)cc3c2)OC1(C)C. The van der Waals surface area contributed by atoms with Crippen molar-refractivity contribution < 1.29 is 37.2 Å². The summed E-state index contributed by atoms with van der Waals surface area (Å²) >= 11 is 0. The Morgan fingerprint density at radius 1 is 0.250 bits per heavy atom. The average Bonchev–Trinajstić information content (AvgIpc) is 3.64. The lowest BCUT2D eigenvalue weighted by Gasteiger charge is -2.32. The largest absolute Gasteiger partial charge is 0.494 e. The molecule has 0 bridgehead atoms.